The number of nitrogens with two attached hydrogens (primary N) is 1. The molecule has 4 aromatic carbocycles. The van der Waals surface area contributed by atoms with Crippen LogP contribution < -0.4 is 16.4 Å². The summed E-state index contributed by atoms with van der Waals surface area (Å²) in [6.45, 7) is 1.29. The van der Waals surface area contributed by atoms with Gasteiger partial charge in [-0.15, -0.1) is 0 Å². The fourth-order valence-corrected chi connectivity index (χ4v) is 5.21. The van der Waals surface area contributed by atoms with Gasteiger partial charge in [0.2, 0.25) is 11.8 Å². The molecule has 5 rings (SSSR count). The number of urea groups is 1. The lowest BCUT2D eigenvalue weighted by Gasteiger charge is -2.32. The van der Waals surface area contributed by atoms with Crippen LogP contribution in [0.4, 0.5) is 10.5 Å². The van der Waals surface area contributed by atoms with Crippen LogP contribution in [0.15, 0.2) is 97.1 Å². The molecule has 1 aliphatic heterocycles. The van der Waals surface area contributed by atoms with E-state index in [-0.39, 0.29) is 24.4 Å². The molecule has 0 saturated carbocycles. The number of carbonyl (C=O) groups is 3. The molecule has 0 radical (unpaired) electrons. The summed E-state index contributed by atoms with van der Waals surface area (Å²) in [7, 11) is 1.63. The van der Waals surface area contributed by atoms with Crippen LogP contribution in [0, 0.1) is 0 Å². The van der Waals surface area contributed by atoms with Gasteiger partial charge in [-0.1, -0.05) is 84.9 Å². The van der Waals surface area contributed by atoms with Crippen molar-refractivity contribution in [2.75, 3.05) is 32.4 Å². The molecule has 1 atom stereocenters. The van der Waals surface area contributed by atoms with E-state index in [0.29, 0.717) is 38.3 Å². The molecule has 0 aliphatic carbocycles. The molecule has 1 saturated heterocycles. The molecule has 42 heavy (non-hydrogen) atoms. The molecule has 4 amide bonds. The van der Waals surface area contributed by atoms with Gasteiger partial charge in [0.25, 0.3) is 0 Å². The zero-order chi connectivity index (χ0) is 29.5. The van der Waals surface area contributed by atoms with Crippen molar-refractivity contribution in [3.05, 3.63) is 114 Å². The van der Waals surface area contributed by atoms with E-state index in [0.717, 1.165) is 27.5 Å². The maximum Gasteiger partial charge on any atom is 0.331 e. The van der Waals surface area contributed by atoms with Crippen LogP contribution in [0.25, 0.3) is 10.8 Å². The SMILES string of the molecule is CN(C(=O)NCc1ccccc1)N1CCN(Cc2cccc3ccccc23)C(=O)[C@H](Cc2ccc(N)cc2)NC(=O)C1. The Labute approximate surface area is 245 Å². The van der Waals surface area contributed by atoms with Crippen LogP contribution in [-0.4, -0.2) is 65.5 Å². The lowest BCUT2D eigenvalue weighted by molar-refractivity contribution is -0.136. The van der Waals surface area contributed by atoms with Crippen molar-refractivity contribution in [1.29, 1.82) is 0 Å². The summed E-state index contributed by atoms with van der Waals surface area (Å²) in [5.74, 6) is -0.510. The minimum atomic E-state index is -0.770. The number of hydrazine groups is 1. The smallest absolute Gasteiger partial charge is 0.331 e. The van der Waals surface area contributed by atoms with Crippen LogP contribution in [-0.2, 0) is 29.1 Å². The van der Waals surface area contributed by atoms with Crippen molar-refractivity contribution in [3.8, 4) is 0 Å². The number of hydrogen-bond donors (Lipinski definition) is 3. The Morgan fingerprint density at radius 1 is 0.905 bits per heavy atom. The fourth-order valence-electron chi connectivity index (χ4n) is 5.21. The molecular formula is C33H36N6O3. The van der Waals surface area contributed by atoms with E-state index in [2.05, 4.69) is 16.7 Å². The number of anilines is 1. The van der Waals surface area contributed by atoms with Crippen LogP contribution in [0.2, 0.25) is 0 Å². The minimum Gasteiger partial charge on any atom is -0.399 e. The molecule has 1 fully saturated rings. The number of amides is 4. The first kappa shape index (κ1) is 28.6. The van der Waals surface area contributed by atoms with Gasteiger partial charge in [-0.05, 0) is 39.6 Å². The van der Waals surface area contributed by atoms with Gasteiger partial charge in [-0.25, -0.2) is 9.80 Å². The van der Waals surface area contributed by atoms with E-state index in [9.17, 15) is 14.4 Å². The molecule has 9 heteroatoms. The Morgan fingerprint density at radius 3 is 2.40 bits per heavy atom. The Balaban J connectivity index is 1.38. The Bertz CT molecular complexity index is 1540. The highest BCUT2D eigenvalue weighted by atomic mass is 16.2. The van der Waals surface area contributed by atoms with Gasteiger partial charge in [-0.3, -0.25) is 14.6 Å². The number of nitrogens with zero attached hydrogens (tertiary/aromatic N) is 3. The second-order valence-corrected chi connectivity index (χ2v) is 10.5. The number of nitrogens with one attached hydrogen (secondary N) is 2. The topological polar surface area (TPSA) is 111 Å². The summed E-state index contributed by atoms with van der Waals surface area (Å²) < 4.78 is 0. The third-order valence-corrected chi connectivity index (χ3v) is 7.56. The van der Waals surface area contributed by atoms with E-state index >= 15 is 0 Å². The van der Waals surface area contributed by atoms with Crippen molar-refractivity contribution in [2.45, 2.75) is 25.6 Å². The van der Waals surface area contributed by atoms with Crippen LogP contribution >= 0.6 is 0 Å². The predicted molar refractivity (Wildman–Crippen MR) is 164 cm³/mol. The van der Waals surface area contributed by atoms with E-state index in [4.69, 9.17) is 5.73 Å². The second-order valence-electron chi connectivity index (χ2n) is 10.5. The van der Waals surface area contributed by atoms with E-state index in [1.165, 1.54) is 5.01 Å². The molecule has 0 unspecified atom stereocenters. The summed E-state index contributed by atoms with van der Waals surface area (Å²) in [5, 5.41) is 11.1. The van der Waals surface area contributed by atoms with Crippen molar-refractivity contribution in [1.82, 2.24) is 25.6 Å². The average Bonchev–Trinajstić information content (AvgIpc) is 3.06. The molecule has 1 aliphatic rings. The molecule has 0 bridgehead atoms. The Kier molecular flexibility index (Phi) is 8.99. The van der Waals surface area contributed by atoms with Crippen molar-refractivity contribution in [3.63, 3.8) is 0 Å². The normalized spacial score (nSPS) is 16.3. The highest BCUT2D eigenvalue weighted by Crippen LogP contribution is 2.21. The predicted octanol–water partition coefficient (Wildman–Crippen LogP) is 3.55. The van der Waals surface area contributed by atoms with Crippen LogP contribution in [0.3, 0.4) is 0 Å². The quantitative estimate of drug-likeness (QED) is 0.298. The van der Waals surface area contributed by atoms with Gasteiger partial charge in [0.15, 0.2) is 0 Å². The molecule has 0 spiro atoms. The average molecular weight is 565 g/mol. The number of nitrogen functional groups attached to an aromatic ring is 1. The van der Waals surface area contributed by atoms with Gasteiger partial charge >= 0.3 is 6.03 Å². The van der Waals surface area contributed by atoms with Crippen molar-refractivity contribution < 1.29 is 14.4 Å². The Hall–Kier alpha value is -4.89. The number of benzene rings is 4. The largest absolute Gasteiger partial charge is 0.399 e. The zero-order valence-corrected chi connectivity index (χ0v) is 23.7. The number of hydrogen-bond acceptors (Lipinski definition) is 5. The monoisotopic (exact) mass is 564 g/mol. The standard InChI is InChI=1S/C33H36N6O3/c1-37(33(42)35-21-25-8-3-2-4-9-25)39-19-18-38(22-27-12-7-11-26-10-5-6-13-29(26)27)32(41)30(36-31(40)23-39)20-24-14-16-28(34)17-15-24/h2-17,30H,18-23,34H2,1H3,(H,35,42)(H,36,40)/t30-/m0/s1. The highest BCUT2D eigenvalue weighted by Gasteiger charge is 2.31. The molecule has 0 aromatic heterocycles. The Morgan fingerprint density at radius 2 is 1.62 bits per heavy atom. The maximum atomic E-state index is 14.1. The number of rotatable bonds is 7. The molecule has 4 aromatic rings. The zero-order valence-electron chi connectivity index (χ0n) is 23.7. The lowest BCUT2D eigenvalue weighted by Crippen LogP contribution is -2.53. The molecule has 1 heterocycles. The first-order chi connectivity index (χ1) is 20.4. The summed E-state index contributed by atoms with van der Waals surface area (Å²) >= 11 is 0. The van der Waals surface area contributed by atoms with Gasteiger partial charge in [0, 0.05) is 45.3 Å². The van der Waals surface area contributed by atoms with Gasteiger partial charge in [0.1, 0.15) is 6.04 Å². The van der Waals surface area contributed by atoms with Crippen molar-refractivity contribution in [2.24, 2.45) is 0 Å². The first-order valence-electron chi connectivity index (χ1n) is 14.1. The lowest BCUT2D eigenvalue weighted by atomic mass is 10.0. The van der Waals surface area contributed by atoms with Crippen LogP contribution in [0.5, 0.6) is 0 Å². The number of fused-ring (bicyclic) bond motifs is 1. The fraction of sp³-hybridized carbons (Fsp3) is 0.242. The third kappa shape index (κ3) is 7.05. The highest BCUT2D eigenvalue weighted by molar-refractivity contribution is 5.90. The van der Waals surface area contributed by atoms with Gasteiger partial charge in [-0.2, -0.15) is 0 Å². The summed E-state index contributed by atoms with van der Waals surface area (Å²) in [6.07, 6.45) is 0.324. The first-order valence-corrected chi connectivity index (χ1v) is 14.1. The van der Waals surface area contributed by atoms with E-state index in [1.54, 1.807) is 29.1 Å². The summed E-state index contributed by atoms with van der Waals surface area (Å²) in [4.78, 5) is 42.1. The second kappa shape index (κ2) is 13.2. The minimum absolute atomic E-state index is 0.0666. The summed E-state index contributed by atoms with van der Waals surface area (Å²) in [6, 6.07) is 30.0. The van der Waals surface area contributed by atoms with E-state index in [1.807, 2.05) is 78.9 Å². The van der Waals surface area contributed by atoms with E-state index < -0.39 is 6.04 Å². The van der Waals surface area contributed by atoms with Crippen molar-refractivity contribution >= 4 is 34.3 Å². The molecule has 4 N–H and O–H groups in total. The summed E-state index contributed by atoms with van der Waals surface area (Å²) in [5.41, 5.74) is 9.37. The van der Waals surface area contributed by atoms with Gasteiger partial charge in [0.05, 0.1) is 6.54 Å². The maximum absolute atomic E-state index is 14.1. The van der Waals surface area contributed by atoms with Gasteiger partial charge < -0.3 is 21.3 Å². The molecule has 9 nitrogen and oxygen atoms in total. The van der Waals surface area contributed by atoms with Crippen LogP contribution in [0.1, 0.15) is 16.7 Å². The molecule has 216 valence electrons. The third-order valence-electron chi connectivity index (χ3n) is 7.56. The molecular weight excluding hydrogens is 528 g/mol. The number of carbonyl (C=O) groups excluding carboxylic acids is 3.